The van der Waals surface area contributed by atoms with Crippen molar-refractivity contribution in [3.8, 4) is 0 Å². The highest BCUT2D eigenvalue weighted by atomic mass is 16.5. The van der Waals surface area contributed by atoms with Crippen molar-refractivity contribution in [1.82, 2.24) is 0 Å². The molecule has 0 radical (unpaired) electrons. The minimum absolute atomic E-state index is 0.0179. The molecule has 0 bridgehead atoms. The van der Waals surface area contributed by atoms with Crippen molar-refractivity contribution in [2.45, 2.75) is 162 Å². The Kier molecular flexibility index (Phi) is 22.3. The molecule has 4 heteroatoms. The maximum absolute atomic E-state index is 12.1. The average molecular weight is 455 g/mol. The molecule has 0 aromatic heterocycles. The van der Waals surface area contributed by atoms with Gasteiger partial charge in [-0.3, -0.25) is 9.59 Å². The Morgan fingerprint density at radius 2 is 1.03 bits per heavy atom. The Bertz CT molecular complexity index is 435. The van der Waals surface area contributed by atoms with Gasteiger partial charge in [0.1, 0.15) is 6.10 Å². The summed E-state index contributed by atoms with van der Waals surface area (Å²) < 4.78 is 5.67. The summed E-state index contributed by atoms with van der Waals surface area (Å²) in [6.45, 7) is 6.50. The molecule has 0 aromatic rings. The molecule has 0 saturated carbocycles. The lowest BCUT2D eigenvalue weighted by atomic mass is 9.97. The molecule has 0 rings (SSSR count). The van der Waals surface area contributed by atoms with Gasteiger partial charge in [0.25, 0.3) is 0 Å². The molecule has 0 aromatic carbocycles. The molecular weight excluding hydrogens is 400 g/mol. The van der Waals surface area contributed by atoms with E-state index in [9.17, 15) is 9.59 Å². The second kappa shape index (κ2) is 23.1. The van der Waals surface area contributed by atoms with E-state index >= 15 is 0 Å². The predicted molar refractivity (Wildman–Crippen MR) is 135 cm³/mol. The van der Waals surface area contributed by atoms with E-state index in [-0.39, 0.29) is 12.1 Å². The van der Waals surface area contributed by atoms with Crippen molar-refractivity contribution in [2.24, 2.45) is 5.92 Å². The number of hydrogen-bond acceptors (Lipinski definition) is 3. The molecule has 0 fully saturated rings. The first-order chi connectivity index (χ1) is 15.5. The number of carbonyl (C=O) groups excluding carboxylic acids is 1. The highest BCUT2D eigenvalue weighted by Gasteiger charge is 2.16. The maximum atomic E-state index is 12.1. The van der Waals surface area contributed by atoms with E-state index in [0.29, 0.717) is 18.8 Å². The average Bonchev–Trinajstić information content (AvgIpc) is 2.75. The van der Waals surface area contributed by atoms with E-state index in [4.69, 9.17) is 9.84 Å². The molecule has 2 unspecified atom stereocenters. The maximum Gasteiger partial charge on any atom is 0.306 e. The number of carbonyl (C=O) groups is 2. The van der Waals surface area contributed by atoms with Crippen LogP contribution in [0.3, 0.4) is 0 Å². The summed E-state index contributed by atoms with van der Waals surface area (Å²) in [5, 5.41) is 8.61. The third-order valence-corrected chi connectivity index (χ3v) is 6.65. The van der Waals surface area contributed by atoms with Crippen LogP contribution in [0.15, 0.2) is 0 Å². The van der Waals surface area contributed by atoms with Crippen molar-refractivity contribution in [2.75, 3.05) is 0 Å². The van der Waals surface area contributed by atoms with Gasteiger partial charge in [0, 0.05) is 12.8 Å². The second-order valence-electron chi connectivity index (χ2n) is 9.87. The van der Waals surface area contributed by atoms with Crippen LogP contribution in [0.1, 0.15) is 156 Å². The highest BCUT2D eigenvalue weighted by molar-refractivity contribution is 5.69. The lowest BCUT2D eigenvalue weighted by Crippen LogP contribution is -2.22. The summed E-state index contributed by atoms with van der Waals surface area (Å²) in [5.41, 5.74) is 0. The SMILES string of the molecule is CCCCCCCCCCCC(=O)OC(C)C(C)CCCCCCCCCCCC(=O)O. The summed E-state index contributed by atoms with van der Waals surface area (Å²) in [5.74, 6) is -0.269. The van der Waals surface area contributed by atoms with Crippen molar-refractivity contribution < 1.29 is 19.4 Å². The van der Waals surface area contributed by atoms with E-state index in [1.165, 1.54) is 83.5 Å². The molecule has 190 valence electrons. The molecular formula is C28H54O4. The van der Waals surface area contributed by atoms with E-state index in [1.54, 1.807) is 0 Å². The van der Waals surface area contributed by atoms with Crippen LogP contribution in [-0.4, -0.2) is 23.1 Å². The minimum Gasteiger partial charge on any atom is -0.481 e. The first-order valence-corrected chi connectivity index (χ1v) is 13.9. The fourth-order valence-electron chi connectivity index (χ4n) is 4.18. The largest absolute Gasteiger partial charge is 0.481 e. The van der Waals surface area contributed by atoms with Crippen LogP contribution in [0.5, 0.6) is 0 Å². The number of hydrogen-bond donors (Lipinski definition) is 1. The van der Waals surface area contributed by atoms with Crippen LogP contribution in [0, 0.1) is 5.92 Å². The molecule has 4 nitrogen and oxygen atoms in total. The third-order valence-electron chi connectivity index (χ3n) is 6.65. The lowest BCUT2D eigenvalue weighted by molar-refractivity contribution is -0.150. The Hall–Kier alpha value is -1.06. The Balaban J connectivity index is 3.48. The van der Waals surface area contributed by atoms with Crippen LogP contribution < -0.4 is 0 Å². The van der Waals surface area contributed by atoms with Crippen molar-refractivity contribution >= 4 is 11.9 Å². The number of unbranched alkanes of at least 4 members (excludes halogenated alkanes) is 16. The molecule has 0 aliphatic heterocycles. The zero-order valence-electron chi connectivity index (χ0n) is 21.7. The van der Waals surface area contributed by atoms with Crippen molar-refractivity contribution in [3.05, 3.63) is 0 Å². The quantitative estimate of drug-likeness (QED) is 0.117. The fourth-order valence-corrected chi connectivity index (χ4v) is 4.18. The Labute approximate surface area is 199 Å². The van der Waals surface area contributed by atoms with Gasteiger partial charge in [-0.05, 0) is 32.1 Å². The standard InChI is InChI=1S/C28H54O4/c1-4-5-6-7-8-10-15-18-21-24-28(31)32-26(3)25(2)22-19-16-13-11-9-12-14-17-20-23-27(29)30/h25-26H,4-24H2,1-3H3,(H,29,30). The molecule has 32 heavy (non-hydrogen) atoms. The molecule has 0 spiro atoms. The van der Waals surface area contributed by atoms with Crippen LogP contribution in [0.2, 0.25) is 0 Å². The van der Waals surface area contributed by atoms with Gasteiger partial charge in [-0.15, -0.1) is 0 Å². The predicted octanol–water partition coefficient (Wildman–Crippen LogP) is 8.85. The number of esters is 1. The minimum atomic E-state index is -0.679. The van der Waals surface area contributed by atoms with Gasteiger partial charge in [-0.25, -0.2) is 0 Å². The fraction of sp³-hybridized carbons (Fsp3) is 0.929. The van der Waals surface area contributed by atoms with Gasteiger partial charge >= 0.3 is 11.9 Å². The zero-order chi connectivity index (χ0) is 23.9. The van der Waals surface area contributed by atoms with Crippen molar-refractivity contribution in [1.29, 1.82) is 0 Å². The second-order valence-corrected chi connectivity index (χ2v) is 9.87. The van der Waals surface area contributed by atoms with E-state index < -0.39 is 5.97 Å². The normalized spacial score (nSPS) is 13.1. The van der Waals surface area contributed by atoms with Crippen molar-refractivity contribution in [3.63, 3.8) is 0 Å². The van der Waals surface area contributed by atoms with E-state index in [1.807, 2.05) is 6.92 Å². The topological polar surface area (TPSA) is 63.6 Å². The first-order valence-electron chi connectivity index (χ1n) is 13.9. The molecule has 2 atom stereocenters. The summed E-state index contributed by atoms with van der Waals surface area (Å²) in [4.78, 5) is 22.5. The van der Waals surface area contributed by atoms with Crippen LogP contribution in [-0.2, 0) is 14.3 Å². The van der Waals surface area contributed by atoms with Crippen LogP contribution in [0.25, 0.3) is 0 Å². The number of carboxylic acid groups (broad SMARTS) is 1. The van der Waals surface area contributed by atoms with E-state index in [0.717, 1.165) is 38.5 Å². The Morgan fingerprint density at radius 1 is 0.625 bits per heavy atom. The molecule has 0 aliphatic carbocycles. The number of carboxylic acids is 1. The number of rotatable bonds is 24. The molecule has 0 saturated heterocycles. The number of ether oxygens (including phenoxy) is 1. The molecule has 1 N–H and O–H groups in total. The van der Waals surface area contributed by atoms with Gasteiger partial charge in [0.2, 0.25) is 0 Å². The Morgan fingerprint density at radius 3 is 1.50 bits per heavy atom. The van der Waals surface area contributed by atoms with Gasteiger partial charge in [-0.2, -0.15) is 0 Å². The summed E-state index contributed by atoms with van der Waals surface area (Å²) >= 11 is 0. The van der Waals surface area contributed by atoms with Crippen LogP contribution >= 0.6 is 0 Å². The third kappa shape index (κ3) is 22.1. The smallest absolute Gasteiger partial charge is 0.306 e. The summed E-state index contributed by atoms with van der Waals surface area (Å²) in [6.07, 6.45) is 23.9. The number of aliphatic carboxylic acids is 1. The van der Waals surface area contributed by atoms with Gasteiger partial charge in [-0.1, -0.05) is 117 Å². The molecule has 0 aliphatic rings. The molecule has 0 amide bonds. The summed E-state index contributed by atoms with van der Waals surface area (Å²) in [7, 11) is 0. The van der Waals surface area contributed by atoms with Gasteiger partial charge in [0.15, 0.2) is 0 Å². The molecule has 0 heterocycles. The highest BCUT2D eigenvalue weighted by Crippen LogP contribution is 2.19. The first kappa shape index (κ1) is 30.9. The summed E-state index contributed by atoms with van der Waals surface area (Å²) in [6, 6.07) is 0. The van der Waals surface area contributed by atoms with E-state index in [2.05, 4.69) is 13.8 Å². The monoisotopic (exact) mass is 454 g/mol. The van der Waals surface area contributed by atoms with Crippen LogP contribution in [0.4, 0.5) is 0 Å². The van der Waals surface area contributed by atoms with Gasteiger partial charge < -0.3 is 9.84 Å². The van der Waals surface area contributed by atoms with Gasteiger partial charge in [0.05, 0.1) is 0 Å². The zero-order valence-corrected chi connectivity index (χ0v) is 21.7. The lowest BCUT2D eigenvalue weighted by Gasteiger charge is -2.20.